The number of amides is 5. The first-order valence-corrected chi connectivity index (χ1v) is 21.6. The number of ether oxygens (including phenoxy) is 2. The minimum Gasteiger partial charge on any atom is -0.453 e. The molecular formula is C46H59N9O7. The van der Waals surface area contributed by atoms with Gasteiger partial charge in [0.25, 0.3) is 0 Å². The number of alkyl carbamates (subject to hydrolysis) is 2. The maximum absolute atomic E-state index is 14.3. The molecule has 62 heavy (non-hydrogen) atoms. The molecule has 1 unspecified atom stereocenters. The molecule has 5 heterocycles. The lowest BCUT2D eigenvalue weighted by Gasteiger charge is -2.39. The Morgan fingerprint density at radius 3 is 1.58 bits per heavy atom. The molecule has 0 aliphatic carbocycles. The number of aromatic nitrogens is 4. The number of H-pyrrole nitrogens is 2. The van der Waals surface area contributed by atoms with Gasteiger partial charge in [-0.15, -0.1) is 0 Å². The molecule has 16 nitrogen and oxygen atoms in total. The van der Waals surface area contributed by atoms with E-state index in [2.05, 4.69) is 49.9 Å². The number of carbonyl (C=O) groups excluding carboxylic acids is 5. The predicted molar refractivity (Wildman–Crippen MR) is 232 cm³/mol. The number of piperidine rings is 1. The van der Waals surface area contributed by atoms with Gasteiger partial charge in [-0.2, -0.15) is 0 Å². The lowest BCUT2D eigenvalue weighted by Crippen LogP contribution is -2.52. The molecule has 1 spiro atoms. The molecule has 3 saturated heterocycles. The van der Waals surface area contributed by atoms with Crippen LogP contribution in [0.1, 0.15) is 90.5 Å². The average molecular weight is 850 g/mol. The second kappa shape index (κ2) is 18.4. The molecular weight excluding hydrogens is 791 g/mol. The van der Waals surface area contributed by atoms with Gasteiger partial charge in [0, 0.05) is 33.1 Å². The summed E-state index contributed by atoms with van der Waals surface area (Å²) in [4.78, 5) is 86.3. The number of hydrogen-bond acceptors (Lipinski definition) is 9. The molecule has 5 amide bonds. The van der Waals surface area contributed by atoms with Crippen LogP contribution < -0.4 is 10.6 Å². The van der Waals surface area contributed by atoms with Crippen molar-refractivity contribution < 1.29 is 33.4 Å². The van der Waals surface area contributed by atoms with Crippen molar-refractivity contribution in [2.75, 3.05) is 40.4 Å². The number of hydrogen-bond donors (Lipinski definition) is 4. The molecule has 4 aromatic rings. The van der Waals surface area contributed by atoms with Crippen LogP contribution in [0.25, 0.3) is 33.6 Å². The Kier molecular flexibility index (Phi) is 13.0. The highest BCUT2D eigenvalue weighted by atomic mass is 16.5. The molecule has 3 aliphatic rings. The van der Waals surface area contributed by atoms with Crippen molar-refractivity contribution in [1.29, 1.82) is 0 Å². The third-order valence-corrected chi connectivity index (χ3v) is 12.9. The van der Waals surface area contributed by atoms with Crippen molar-refractivity contribution >= 4 is 29.9 Å². The van der Waals surface area contributed by atoms with Gasteiger partial charge in [-0.1, -0.05) is 76.2 Å². The van der Waals surface area contributed by atoms with Crippen LogP contribution in [0.15, 0.2) is 60.9 Å². The number of benzene rings is 2. The fourth-order valence-electron chi connectivity index (χ4n) is 9.25. The summed E-state index contributed by atoms with van der Waals surface area (Å²) in [7, 11) is 2.57. The summed E-state index contributed by atoms with van der Waals surface area (Å²) in [6.07, 6.45) is 6.18. The van der Waals surface area contributed by atoms with E-state index in [1.807, 2.05) is 61.8 Å². The van der Waals surface area contributed by atoms with E-state index in [4.69, 9.17) is 14.5 Å². The molecule has 4 N–H and O–H groups in total. The molecule has 0 bridgehead atoms. The highest BCUT2D eigenvalue weighted by Crippen LogP contribution is 2.49. The molecule has 16 heteroatoms. The van der Waals surface area contributed by atoms with Crippen molar-refractivity contribution in [2.24, 2.45) is 17.3 Å². The maximum atomic E-state index is 14.3. The van der Waals surface area contributed by atoms with Crippen LogP contribution in [-0.2, 0) is 23.9 Å². The zero-order chi connectivity index (χ0) is 44.3. The molecule has 3 fully saturated rings. The van der Waals surface area contributed by atoms with Gasteiger partial charge in [-0.25, -0.2) is 19.6 Å². The zero-order valence-corrected chi connectivity index (χ0v) is 36.7. The molecule has 4 atom stereocenters. The smallest absolute Gasteiger partial charge is 0.407 e. The Morgan fingerprint density at radius 2 is 1.13 bits per heavy atom. The standard InChI is InChI=1S/C46H59N9O7/c1-27(2)38(51-44(59)61-6)42(57)54-20-8-9-36(54)40-47-24-34(49-40)32-14-10-30(11-15-32)31-12-16-33(17-13-31)35-25-48-41(50-35)37-23-46(18-21-53(22-19-46)29(5)56)26-55(37)43(58)39(28(3)4)52-45(60)62-7/h10-17,24-25,27-28,36-39H,8-9,18-23,26H2,1-7H3,(H,47,49)(H,48,50)(H,51,59)(H,52,60)/t36-,37?,38-,39-/m0/s1. The van der Waals surface area contributed by atoms with E-state index in [0.29, 0.717) is 44.2 Å². The fourth-order valence-corrected chi connectivity index (χ4v) is 9.25. The summed E-state index contributed by atoms with van der Waals surface area (Å²) in [5.41, 5.74) is 5.48. The van der Waals surface area contributed by atoms with Crippen LogP contribution >= 0.6 is 0 Å². The highest BCUT2D eigenvalue weighted by Gasteiger charge is 2.50. The van der Waals surface area contributed by atoms with E-state index in [0.717, 1.165) is 59.3 Å². The molecule has 3 aliphatic heterocycles. The minimum absolute atomic E-state index is 0.0587. The van der Waals surface area contributed by atoms with E-state index in [-0.39, 0.29) is 47.1 Å². The summed E-state index contributed by atoms with van der Waals surface area (Å²) < 4.78 is 9.62. The first kappa shape index (κ1) is 43.9. The third-order valence-electron chi connectivity index (χ3n) is 12.9. The number of aromatic amines is 2. The lowest BCUT2D eigenvalue weighted by atomic mass is 9.76. The zero-order valence-electron chi connectivity index (χ0n) is 36.7. The van der Waals surface area contributed by atoms with E-state index in [9.17, 15) is 24.0 Å². The monoisotopic (exact) mass is 849 g/mol. The van der Waals surface area contributed by atoms with Crippen molar-refractivity contribution in [3.8, 4) is 33.6 Å². The van der Waals surface area contributed by atoms with E-state index in [1.165, 1.54) is 14.2 Å². The second-order valence-corrected chi connectivity index (χ2v) is 17.6. The summed E-state index contributed by atoms with van der Waals surface area (Å²) in [5, 5.41) is 5.45. The first-order valence-electron chi connectivity index (χ1n) is 21.6. The van der Waals surface area contributed by atoms with Crippen LogP contribution in [0.5, 0.6) is 0 Å². The van der Waals surface area contributed by atoms with E-state index in [1.54, 1.807) is 24.2 Å². The first-order chi connectivity index (χ1) is 29.7. The van der Waals surface area contributed by atoms with Crippen molar-refractivity contribution in [2.45, 2.75) is 90.9 Å². The number of likely N-dealkylation sites (tertiary alicyclic amines) is 3. The van der Waals surface area contributed by atoms with Crippen LogP contribution in [-0.4, -0.2) is 117 Å². The van der Waals surface area contributed by atoms with Gasteiger partial charge in [-0.05, 0) is 71.6 Å². The van der Waals surface area contributed by atoms with Gasteiger partial charge >= 0.3 is 12.2 Å². The van der Waals surface area contributed by atoms with Crippen molar-refractivity contribution in [3.05, 3.63) is 72.6 Å². The SMILES string of the molecule is COC(=O)N[C@H](C(=O)N1CC2(CCN(C(C)=O)CC2)CC1c1ncc(-c2ccc(-c3ccc(-c4cnc([C@@H]5CCCN5C(=O)[C@@H](NC(=O)OC)C(C)C)[nH]4)cc3)cc2)[nH]1)C(C)C. The Balaban J connectivity index is 1.04. The third kappa shape index (κ3) is 9.19. The Hall–Kier alpha value is -6.19. The van der Waals surface area contributed by atoms with E-state index < -0.39 is 24.3 Å². The van der Waals surface area contributed by atoms with Crippen LogP contribution in [0.4, 0.5) is 9.59 Å². The van der Waals surface area contributed by atoms with Gasteiger partial charge in [0.15, 0.2) is 0 Å². The van der Waals surface area contributed by atoms with Crippen LogP contribution in [0.2, 0.25) is 0 Å². The van der Waals surface area contributed by atoms with Crippen LogP contribution in [0.3, 0.4) is 0 Å². The van der Waals surface area contributed by atoms with Crippen molar-refractivity contribution in [3.63, 3.8) is 0 Å². The fraction of sp³-hybridized carbons (Fsp3) is 0.500. The minimum atomic E-state index is -0.771. The normalized spacial score (nSPS) is 19.5. The molecule has 0 saturated carbocycles. The largest absolute Gasteiger partial charge is 0.453 e. The summed E-state index contributed by atoms with van der Waals surface area (Å²) in [5.74, 6) is 0.840. The molecule has 2 aromatic carbocycles. The molecule has 7 rings (SSSR count). The second-order valence-electron chi connectivity index (χ2n) is 17.6. The summed E-state index contributed by atoms with van der Waals surface area (Å²) >= 11 is 0. The summed E-state index contributed by atoms with van der Waals surface area (Å²) in [6.45, 7) is 11.6. The Bertz CT molecular complexity index is 2240. The molecule has 0 radical (unpaired) electrons. The number of imidazole rings is 2. The quantitative estimate of drug-likeness (QED) is 0.131. The number of carbonyl (C=O) groups is 5. The molecule has 330 valence electrons. The topological polar surface area (TPSA) is 195 Å². The average Bonchev–Trinajstić information content (AvgIpc) is 4.11. The Morgan fingerprint density at radius 1 is 0.677 bits per heavy atom. The van der Waals surface area contributed by atoms with Gasteiger partial charge in [0.1, 0.15) is 23.7 Å². The van der Waals surface area contributed by atoms with Gasteiger partial charge < -0.3 is 44.8 Å². The van der Waals surface area contributed by atoms with Gasteiger partial charge in [0.2, 0.25) is 17.7 Å². The number of methoxy groups -OCH3 is 2. The highest BCUT2D eigenvalue weighted by molar-refractivity contribution is 5.87. The maximum Gasteiger partial charge on any atom is 0.407 e. The van der Waals surface area contributed by atoms with Crippen LogP contribution in [0, 0.1) is 17.3 Å². The number of rotatable bonds is 11. The molecule has 2 aromatic heterocycles. The number of nitrogens with one attached hydrogen (secondary N) is 4. The predicted octanol–water partition coefficient (Wildman–Crippen LogP) is 6.46. The van der Waals surface area contributed by atoms with Gasteiger partial charge in [-0.3, -0.25) is 14.4 Å². The summed E-state index contributed by atoms with van der Waals surface area (Å²) in [6, 6.07) is 14.4. The number of nitrogens with zero attached hydrogens (tertiary/aromatic N) is 5. The van der Waals surface area contributed by atoms with Crippen molar-refractivity contribution in [1.82, 2.24) is 45.3 Å². The van der Waals surface area contributed by atoms with Gasteiger partial charge in [0.05, 0.1) is 50.1 Å². The Labute approximate surface area is 362 Å². The van der Waals surface area contributed by atoms with E-state index >= 15 is 0 Å². The lowest BCUT2D eigenvalue weighted by molar-refractivity contribution is -0.137.